The third-order valence-corrected chi connectivity index (χ3v) is 3.41. The Balaban J connectivity index is 2.04. The summed E-state index contributed by atoms with van der Waals surface area (Å²) in [4.78, 5) is 11.3. The number of piperidine rings is 1. The molecule has 0 radical (unpaired) electrons. The number of carbonyl (C=O) groups excluding carboxylic acids is 1. The lowest BCUT2D eigenvalue weighted by molar-refractivity contribution is 0.0995. The van der Waals surface area contributed by atoms with Crippen molar-refractivity contribution in [1.29, 1.82) is 0 Å². The molecule has 1 fully saturated rings. The lowest BCUT2D eigenvalue weighted by atomic mass is 10.0. The van der Waals surface area contributed by atoms with E-state index >= 15 is 0 Å². The molecule has 0 aromatic heterocycles. The fraction of sp³-hybridized carbons (Fsp3) is 0.462. The topological polar surface area (TPSA) is 64.4 Å². The van der Waals surface area contributed by atoms with Crippen LogP contribution < -0.4 is 15.8 Å². The van der Waals surface area contributed by atoms with E-state index in [1.54, 1.807) is 18.2 Å². The number of hydrogen-bond donors (Lipinski definition) is 2. The van der Waals surface area contributed by atoms with Gasteiger partial charge in [-0.05, 0) is 31.5 Å². The summed E-state index contributed by atoms with van der Waals surface area (Å²) in [6, 6.07) is 5.11. The third kappa shape index (κ3) is 3.15. The highest BCUT2D eigenvalue weighted by molar-refractivity contribution is 6.34. The van der Waals surface area contributed by atoms with Crippen molar-refractivity contribution in [3.63, 3.8) is 0 Å². The Morgan fingerprint density at radius 2 is 2.39 bits per heavy atom. The predicted octanol–water partition coefficient (Wildman–Crippen LogP) is 1.82. The summed E-state index contributed by atoms with van der Waals surface area (Å²) in [7, 11) is 0. The SMILES string of the molecule is NC(=O)c1c(Cl)cccc1OCC1CCCNC1. The second-order valence-electron chi connectivity index (χ2n) is 4.50. The quantitative estimate of drug-likeness (QED) is 0.875. The molecule has 1 heterocycles. The van der Waals surface area contributed by atoms with E-state index in [0.29, 0.717) is 23.3 Å². The summed E-state index contributed by atoms with van der Waals surface area (Å²) >= 11 is 5.95. The minimum absolute atomic E-state index is 0.267. The van der Waals surface area contributed by atoms with Gasteiger partial charge in [0.05, 0.1) is 17.2 Å². The average Bonchev–Trinajstić information content (AvgIpc) is 2.37. The van der Waals surface area contributed by atoms with Gasteiger partial charge in [0.25, 0.3) is 5.91 Å². The highest BCUT2D eigenvalue weighted by Gasteiger charge is 2.17. The second kappa shape index (κ2) is 6.07. The van der Waals surface area contributed by atoms with Crippen molar-refractivity contribution in [2.45, 2.75) is 12.8 Å². The zero-order valence-electron chi connectivity index (χ0n) is 10.1. The van der Waals surface area contributed by atoms with Crippen LogP contribution in [0.25, 0.3) is 0 Å². The van der Waals surface area contributed by atoms with Crippen LogP contribution in [-0.4, -0.2) is 25.6 Å². The first-order valence-corrected chi connectivity index (χ1v) is 6.48. The van der Waals surface area contributed by atoms with Crippen LogP contribution in [0.2, 0.25) is 5.02 Å². The molecule has 1 amide bonds. The molecular weight excluding hydrogens is 252 g/mol. The molecule has 18 heavy (non-hydrogen) atoms. The maximum absolute atomic E-state index is 11.3. The van der Waals surface area contributed by atoms with Crippen LogP contribution in [0, 0.1) is 5.92 Å². The first-order valence-electron chi connectivity index (χ1n) is 6.10. The Hall–Kier alpha value is -1.26. The van der Waals surface area contributed by atoms with E-state index in [9.17, 15) is 4.79 Å². The van der Waals surface area contributed by atoms with Crippen molar-refractivity contribution in [3.05, 3.63) is 28.8 Å². The van der Waals surface area contributed by atoms with Gasteiger partial charge in [-0.3, -0.25) is 4.79 Å². The number of primary amides is 1. The van der Waals surface area contributed by atoms with Gasteiger partial charge in [-0.1, -0.05) is 17.7 Å². The Morgan fingerprint density at radius 3 is 3.06 bits per heavy atom. The molecule has 1 aromatic carbocycles. The summed E-state index contributed by atoms with van der Waals surface area (Å²) in [6.07, 6.45) is 2.30. The number of nitrogens with one attached hydrogen (secondary N) is 1. The van der Waals surface area contributed by atoms with E-state index in [1.165, 1.54) is 0 Å². The van der Waals surface area contributed by atoms with Crippen LogP contribution in [-0.2, 0) is 0 Å². The molecule has 0 saturated carbocycles. The molecule has 1 saturated heterocycles. The predicted molar refractivity (Wildman–Crippen MR) is 71.1 cm³/mol. The van der Waals surface area contributed by atoms with Crippen molar-refractivity contribution in [3.8, 4) is 5.75 Å². The van der Waals surface area contributed by atoms with Crippen LogP contribution in [0.4, 0.5) is 0 Å². The maximum Gasteiger partial charge on any atom is 0.253 e. The minimum Gasteiger partial charge on any atom is -0.492 e. The molecule has 1 atom stereocenters. The van der Waals surface area contributed by atoms with E-state index < -0.39 is 5.91 Å². The second-order valence-corrected chi connectivity index (χ2v) is 4.91. The number of amides is 1. The van der Waals surface area contributed by atoms with Gasteiger partial charge in [-0.25, -0.2) is 0 Å². The fourth-order valence-corrected chi connectivity index (χ4v) is 2.40. The Labute approximate surface area is 111 Å². The molecule has 0 bridgehead atoms. The first-order chi connectivity index (χ1) is 8.68. The van der Waals surface area contributed by atoms with E-state index in [4.69, 9.17) is 22.1 Å². The average molecular weight is 269 g/mol. The zero-order chi connectivity index (χ0) is 13.0. The fourth-order valence-electron chi connectivity index (χ4n) is 2.14. The molecule has 98 valence electrons. The van der Waals surface area contributed by atoms with Crippen LogP contribution in [0.3, 0.4) is 0 Å². The number of halogens is 1. The molecule has 0 spiro atoms. The number of nitrogens with two attached hydrogens (primary N) is 1. The first kappa shape index (κ1) is 13.2. The lowest BCUT2D eigenvalue weighted by Crippen LogP contribution is -2.33. The molecule has 0 aliphatic carbocycles. The Bertz CT molecular complexity index is 431. The van der Waals surface area contributed by atoms with Gasteiger partial charge in [0, 0.05) is 12.5 Å². The van der Waals surface area contributed by atoms with Gasteiger partial charge in [0.2, 0.25) is 0 Å². The number of hydrogen-bond acceptors (Lipinski definition) is 3. The molecule has 1 unspecified atom stereocenters. The lowest BCUT2D eigenvalue weighted by Gasteiger charge is -2.23. The highest BCUT2D eigenvalue weighted by atomic mass is 35.5. The monoisotopic (exact) mass is 268 g/mol. The molecule has 1 aliphatic heterocycles. The summed E-state index contributed by atoms with van der Waals surface area (Å²) in [5.74, 6) is 0.386. The van der Waals surface area contributed by atoms with Gasteiger partial charge < -0.3 is 15.8 Å². The van der Waals surface area contributed by atoms with Crippen molar-refractivity contribution >= 4 is 17.5 Å². The summed E-state index contributed by atoms with van der Waals surface area (Å²) in [5.41, 5.74) is 5.58. The Kier molecular flexibility index (Phi) is 4.44. The number of carbonyl (C=O) groups is 1. The normalized spacial score (nSPS) is 19.5. The van der Waals surface area contributed by atoms with Gasteiger partial charge in [0.1, 0.15) is 5.75 Å². The van der Waals surface area contributed by atoms with Crippen LogP contribution in [0.1, 0.15) is 23.2 Å². The summed E-state index contributed by atoms with van der Waals surface area (Å²) < 4.78 is 5.69. The third-order valence-electron chi connectivity index (χ3n) is 3.10. The van der Waals surface area contributed by atoms with Crippen molar-refractivity contribution < 1.29 is 9.53 Å². The molecular formula is C13H17ClN2O2. The number of rotatable bonds is 4. The van der Waals surface area contributed by atoms with E-state index in [0.717, 1.165) is 25.9 Å². The largest absolute Gasteiger partial charge is 0.492 e. The summed E-state index contributed by atoms with van der Waals surface area (Å²) in [6.45, 7) is 2.60. The minimum atomic E-state index is -0.558. The van der Waals surface area contributed by atoms with Crippen molar-refractivity contribution in [2.24, 2.45) is 11.7 Å². The highest BCUT2D eigenvalue weighted by Crippen LogP contribution is 2.26. The maximum atomic E-state index is 11.3. The molecule has 1 aliphatic rings. The smallest absolute Gasteiger partial charge is 0.253 e. The molecule has 4 nitrogen and oxygen atoms in total. The van der Waals surface area contributed by atoms with E-state index in [2.05, 4.69) is 5.32 Å². The number of benzene rings is 1. The van der Waals surface area contributed by atoms with Crippen LogP contribution in [0.5, 0.6) is 5.75 Å². The standard InChI is InChI=1S/C13H17ClN2O2/c14-10-4-1-5-11(12(10)13(15)17)18-8-9-3-2-6-16-7-9/h1,4-5,9,16H,2-3,6-8H2,(H2,15,17). The van der Waals surface area contributed by atoms with Gasteiger partial charge in [-0.15, -0.1) is 0 Å². The van der Waals surface area contributed by atoms with Gasteiger partial charge in [-0.2, -0.15) is 0 Å². The summed E-state index contributed by atoms with van der Waals surface area (Å²) in [5, 5.41) is 3.66. The molecule has 1 aromatic rings. The molecule has 3 N–H and O–H groups in total. The number of ether oxygens (including phenoxy) is 1. The Morgan fingerprint density at radius 1 is 1.56 bits per heavy atom. The van der Waals surface area contributed by atoms with Crippen LogP contribution in [0.15, 0.2) is 18.2 Å². The molecule has 5 heteroatoms. The van der Waals surface area contributed by atoms with E-state index in [-0.39, 0.29) is 5.56 Å². The van der Waals surface area contributed by atoms with Crippen molar-refractivity contribution in [2.75, 3.05) is 19.7 Å². The van der Waals surface area contributed by atoms with Gasteiger partial charge >= 0.3 is 0 Å². The zero-order valence-corrected chi connectivity index (χ0v) is 10.9. The van der Waals surface area contributed by atoms with Gasteiger partial charge in [0.15, 0.2) is 0 Å². The molecule has 2 rings (SSSR count). The van der Waals surface area contributed by atoms with E-state index in [1.807, 2.05) is 0 Å². The van der Waals surface area contributed by atoms with Crippen LogP contribution >= 0.6 is 11.6 Å². The van der Waals surface area contributed by atoms with Crippen molar-refractivity contribution in [1.82, 2.24) is 5.32 Å².